The van der Waals surface area contributed by atoms with Gasteiger partial charge in [0.25, 0.3) is 0 Å². The van der Waals surface area contributed by atoms with Crippen molar-refractivity contribution in [2.45, 2.75) is 6.61 Å². The number of carbonyl (C=O) groups is 1. The standard InChI is InChI=1S/C24H17Cl2NO4/c1-29-22-11-8-17(25)13-19(22)23-27-21(24(28)31-23)12-15-6-9-18(10-7-15)30-14-16-4-2-3-5-20(16)26/h2-13H,14H2,1H3/b21-12-. The fourth-order valence-corrected chi connectivity index (χ4v) is 3.33. The predicted octanol–water partition coefficient (Wildman–Crippen LogP) is 5.93. The Morgan fingerprint density at radius 3 is 2.55 bits per heavy atom. The molecular weight excluding hydrogens is 437 g/mol. The lowest BCUT2D eigenvalue weighted by Crippen LogP contribution is -2.07. The number of nitrogens with zero attached hydrogens (tertiary/aromatic N) is 1. The molecule has 0 radical (unpaired) electrons. The number of cyclic esters (lactones) is 1. The quantitative estimate of drug-likeness (QED) is 0.343. The zero-order chi connectivity index (χ0) is 21.8. The minimum atomic E-state index is -0.545. The number of methoxy groups -OCH3 is 1. The fourth-order valence-electron chi connectivity index (χ4n) is 2.97. The highest BCUT2D eigenvalue weighted by Crippen LogP contribution is 2.28. The highest BCUT2D eigenvalue weighted by molar-refractivity contribution is 6.31. The van der Waals surface area contributed by atoms with Crippen LogP contribution >= 0.6 is 23.2 Å². The van der Waals surface area contributed by atoms with Gasteiger partial charge in [-0.2, -0.15) is 0 Å². The molecule has 0 aliphatic carbocycles. The maximum absolute atomic E-state index is 12.3. The molecule has 156 valence electrons. The summed E-state index contributed by atoms with van der Waals surface area (Å²) in [5.74, 6) is 0.799. The third-order valence-corrected chi connectivity index (χ3v) is 5.15. The number of rotatable bonds is 6. The summed E-state index contributed by atoms with van der Waals surface area (Å²) in [4.78, 5) is 16.6. The van der Waals surface area contributed by atoms with Crippen LogP contribution in [-0.4, -0.2) is 19.0 Å². The normalized spacial score (nSPS) is 14.4. The Bertz CT molecular complexity index is 1190. The van der Waals surface area contributed by atoms with Crippen LogP contribution in [0, 0.1) is 0 Å². The predicted molar refractivity (Wildman–Crippen MR) is 121 cm³/mol. The van der Waals surface area contributed by atoms with Crippen molar-refractivity contribution in [2.75, 3.05) is 7.11 Å². The summed E-state index contributed by atoms with van der Waals surface area (Å²) in [6.07, 6.45) is 1.64. The van der Waals surface area contributed by atoms with E-state index in [1.54, 1.807) is 24.3 Å². The highest BCUT2D eigenvalue weighted by Gasteiger charge is 2.26. The second-order valence-corrected chi connectivity index (χ2v) is 7.47. The lowest BCUT2D eigenvalue weighted by Gasteiger charge is -2.07. The molecule has 4 rings (SSSR count). The lowest BCUT2D eigenvalue weighted by atomic mass is 10.2. The first-order chi connectivity index (χ1) is 15.0. The van der Waals surface area contributed by atoms with E-state index in [0.29, 0.717) is 33.7 Å². The van der Waals surface area contributed by atoms with Crippen LogP contribution in [0.2, 0.25) is 10.0 Å². The van der Waals surface area contributed by atoms with Crippen LogP contribution in [0.1, 0.15) is 16.7 Å². The monoisotopic (exact) mass is 453 g/mol. The van der Waals surface area contributed by atoms with Crippen molar-refractivity contribution >= 4 is 41.1 Å². The van der Waals surface area contributed by atoms with Crippen molar-refractivity contribution in [3.8, 4) is 11.5 Å². The minimum absolute atomic E-state index is 0.148. The third-order valence-electron chi connectivity index (χ3n) is 4.55. The first-order valence-electron chi connectivity index (χ1n) is 9.36. The third kappa shape index (κ3) is 4.90. The summed E-state index contributed by atoms with van der Waals surface area (Å²) in [6.45, 7) is 0.363. The maximum atomic E-state index is 12.3. The summed E-state index contributed by atoms with van der Waals surface area (Å²) >= 11 is 12.2. The van der Waals surface area contributed by atoms with Gasteiger partial charge in [0.2, 0.25) is 5.90 Å². The van der Waals surface area contributed by atoms with E-state index in [1.807, 2.05) is 48.5 Å². The number of carbonyl (C=O) groups excluding carboxylic acids is 1. The summed E-state index contributed by atoms with van der Waals surface area (Å²) in [5.41, 5.74) is 2.37. The van der Waals surface area contributed by atoms with Crippen LogP contribution in [0.15, 0.2) is 77.4 Å². The van der Waals surface area contributed by atoms with Crippen LogP contribution in [0.3, 0.4) is 0 Å². The van der Waals surface area contributed by atoms with Gasteiger partial charge in [-0.05, 0) is 48.0 Å². The topological polar surface area (TPSA) is 57.1 Å². The Balaban J connectivity index is 1.50. The van der Waals surface area contributed by atoms with Crippen LogP contribution in [0.25, 0.3) is 6.08 Å². The Kier molecular flexibility index (Phi) is 6.26. The van der Waals surface area contributed by atoms with Gasteiger partial charge in [-0.15, -0.1) is 0 Å². The Morgan fingerprint density at radius 2 is 1.81 bits per heavy atom. The van der Waals surface area contributed by atoms with Gasteiger partial charge in [-0.3, -0.25) is 0 Å². The van der Waals surface area contributed by atoms with Crippen molar-refractivity contribution in [2.24, 2.45) is 4.99 Å². The zero-order valence-corrected chi connectivity index (χ0v) is 18.0. The Hall–Kier alpha value is -3.28. The van der Waals surface area contributed by atoms with E-state index in [4.69, 9.17) is 37.4 Å². The van der Waals surface area contributed by atoms with Gasteiger partial charge >= 0.3 is 5.97 Å². The summed E-state index contributed by atoms with van der Waals surface area (Å²) in [5, 5.41) is 1.15. The highest BCUT2D eigenvalue weighted by atomic mass is 35.5. The van der Waals surface area contributed by atoms with Gasteiger partial charge in [0.1, 0.15) is 18.1 Å². The van der Waals surface area contributed by atoms with Crippen molar-refractivity contribution in [1.29, 1.82) is 0 Å². The molecule has 0 spiro atoms. The number of hydrogen-bond acceptors (Lipinski definition) is 5. The number of esters is 1. The van der Waals surface area contributed by atoms with Crippen molar-refractivity contribution in [1.82, 2.24) is 0 Å². The molecular formula is C24H17Cl2NO4. The zero-order valence-electron chi connectivity index (χ0n) is 16.5. The SMILES string of the molecule is COc1ccc(Cl)cc1C1=N/C(=C\c2ccc(OCc3ccccc3Cl)cc2)C(=O)O1. The second-order valence-electron chi connectivity index (χ2n) is 6.63. The average Bonchev–Trinajstić information content (AvgIpc) is 3.14. The van der Waals surface area contributed by atoms with E-state index < -0.39 is 5.97 Å². The summed E-state index contributed by atoms with van der Waals surface area (Å²) in [6, 6.07) is 19.8. The molecule has 0 fully saturated rings. The number of halogens is 2. The van der Waals surface area contributed by atoms with Crippen LogP contribution < -0.4 is 9.47 Å². The first kappa shape index (κ1) is 21.0. The molecule has 0 amide bonds. The summed E-state index contributed by atoms with van der Waals surface area (Å²) < 4.78 is 16.4. The summed E-state index contributed by atoms with van der Waals surface area (Å²) in [7, 11) is 1.52. The molecule has 0 aromatic heterocycles. The maximum Gasteiger partial charge on any atom is 0.363 e. The van der Waals surface area contributed by atoms with Gasteiger partial charge in [-0.1, -0.05) is 53.5 Å². The van der Waals surface area contributed by atoms with E-state index >= 15 is 0 Å². The minimum Gasteiger partial charge on any atom is -0.496 e. The fraction of sp³-hybridized carbons (Fsp3) is 0.0833. The molecule has 3 aromatic rings. The smallest absolute Gasteiger partial charge is 0.363 e. The molecule has 0 atom stereocenters. The van der Waals surface area contributed by atoms with E-state index in [0.717, 1.165) is 11.1 Å². The van der Waals surface area contributed by atoms with Crippen molar-refractivity contribution in [3.63, 3.8) is 0 Å². The van der Waals surface area contributed by atoms with Crippen LogP contribution in [0.4, 0.5) is 0 Å². The molecule has 1 aliphatic rings. The molecule has 0 saturated carbocycles. The van der Waals surface area contributed by atoms with Gasteiger partial charge in [0.05, 0.1) is 12.7 Å². The molecule has 1 heterocycles. The molecule has 0 N–H and O–H groups in total. The van der Waals surface area contributed by atoms with E-state index in [-0.39, 0.29) is 11.6 Å². The first-order valence-corrected chi connectivity index (χ1v) is 10.1. The van der Waals surface area contributed by atoms with E-state index in [1.165, 1.54) is 7.11 Å². The van der Waals surface area contributed by atoms with Crippen molar-refractivity contribution in [3.05, 3.63) is 99.2 Å². The number of aliphatic imine (C=N–C) groups is 1. The number of ether oxygens (including phenoxy) is 3. The van der Waals surface area contributed by atoms with Gasteiger partial charge in [0.15, 0.2) is 5.70 Å². The molecule has 5 nitrogen and oxygen atoms in total. The van der Waals surface area contributed by atoms with Crippen LogP contribution in [-0.2, 0) is 16.1 Å². The Labute approximate surface area is 189 Å². The van der Waals surface area contributed by atoms with Gasteiger partial charge in [-0.25, -0.2) is 9.79 Å². The van der Waals surface area contributed by atoms with Crippen molar-refractivity contribution < 1.29 is 19.0 Å². The van der Waals surface area contributed by atoms with E-state index in [9.17, 15) is 4.79 Å². The Morgan fingerprint density at radius 1 is 1.03 bits per heavy atom. The molecule has 7 heteroatoms. The average molecular weight is 454 g/mol. The molecule has 1 aliphatic heterocycles. The molecule has 0 unspecified atom stereocenters. The van der Waals surface area contributed by atoms with Gasteiger partial charge in [0, 0.05) is 15.6 Å². The lowest BCUT2D eigenvalue weighted by molar-refractivity contribution is -0.129. The largest absolute Gasteiger partial charge is 0.496 e. The number of hydrogen-bond donors (Lipinski definition) is 0. The molecule has 3 aromatic carbocycles. The number of benzene rings is 3. The van der Waals surface area contributed by atoms with Crippen LogP contribution in [0.5, 0.6) is 11.5 Å². The molecule has 0 bridgehead atoms. The van der Waals surface area contributed by atoms with Gasteiger partial charge < -0.3 is 14.2 Å². The molecule has 31 heavy (non-hydrogen) atoms. The van der Waals surface area contributed by atoms with E-state index in [2.05, 4.69) is 4.99 Å². The molecule has 0 saturated heterocycles. The second kappa shape index (κ2) is 9.25.